The molecule has 2 atom stereocenters. The molecule has 3 heterocycles. The van der Waals surface area contributed by atoms with Gasteiger partial charge in [-0.2, -0.15) is 0 Å². The zero-order chi connectivity index (χ0) is 27.7. The van der Waals surface area contributed by atoms with E-state index in [4.69, 9.17) is 28.6 Å². The number of nitrogens with zero attached hydrogens (tertiary/aromatic N) is 3. The number of nitrogens with one attached hydrogen (secondary N) is 2. The van der Waals surface area contributed by atoms with Gasteiger partial charge in [0.2, 0.25) is 5.91 Å². The summed E-state index contributed by atoms with van der Waals surface area (Å²) >= 11 is 12.2. The van der Waals surface area contributed by atoms with Crippen LogP contribution in [0.2, 0.25) is 5.02 Å². The van der Waals surface area contributed by atoms with Crippen LogP contribution in [-0.2, 0) is 9.53 Å². The number of rotatable bonds is 7. The molecule has 3 N–H and O–H groups in total. The molecule has 1 fully saturated rings. The van der Waals surface area contributed by atoms with Crippen molar-refractivity contribution in [2.24, 2.45) is 0 Å². The quantitative estimate of drug-likeness (QED) is 0.253. The summed E-state index contributed by atoms with van der Waals surface area (Å²) in [6.07, 6.45) is 1.77. The molecular formula is C29H28ClN5O3S. The number of amides is 1. The number of carbonyl (C=O) groups excluding carboxylic acids is 1. The lowest BCUT2D eigenvalue weighted by atomic mass is 9.96. The van der Waals surface area contributed by atoms with Crippen molar-refractivity contribution in [3.63, 3.8) is 0 Å². The maximum atomic E-state index is 12.0. The van der Waals surface area contributed by atoms with Crippen molar-refractivity contribution in [3.8, 4) is 11.4 Å². The number of halogens is 1. The Labute approximate surface area is 237 Å². The molecule has 200 valence electrons. The highest BCUT2D eigenvalue weighted by atomic mass is 35.5. The van der Waals surface area contributed by atoms with Crippen LogP contribution in [0.3, 0.4) is 0 Å². The van der Waals surface area contributed by atoms with Gasteiger partial charge in [-0.3, -0.25) is 9.78 Å². The number of aromatic nitrogens is 2. The summed E-state index contributed by atoms with van der Waals surface area (Å²) in [7, 11) is 1.48. The average molecular weight is 562 g/mol. The number of phenols is 1. The van der Waals surface area contributed by atoms with Crippen molar-refractivity contribution in [1.29, 1.82) is 0 Å². The zero-order valence-corrected chi connectivity index (χ0v) is 23.3. The molecule has 2 aromatic heterocycles. The van der Waals surface area contributed by atoms with Gasteiger partial charge in [0.1, 0.15) is 12.4 Å². The first-order chi connectivity index (χ1) is 18.8. The van der Waals surface area contributed by atoms with Gasteiger partial charge in [-0.1, -0.05) is 17.7 Å². The Morgan fingerprint density at radius 3 is 2.62 bits per heavy atom. The first-order valence-electron chi connectivity index (χ1n) is 12.4. The fourth-order valence-corrected chi connectivity index (χ4v) is 5.63. The molecule has 0 spiro atoms. The summed E-state index contributed by atoms with van der Waals surface area (Å²) < 4.78 is 6.90. The number of carbonyl (C=O) groups is 1. The number of benzene rings is 2. The largest absolute Gasteiger partial charge is 0.506 e. The number of ether oxygens (including phenoxy) is 1. The highest BCUT2D eigenvalue weighted by molar-refractivity contribution is 7.80. The minimum atomic E-state index is -0.248. The van der Waals surface area contributed by atoms with Gasteiger partial charge < -0.3 is 29.9 Å². The molecule has 1 saturated heterocycles. The second-order valence-electron chi connectivity index (χ2n) is 9.32. The van der Waals surface area contributed by atoms with Gasteiger partial charge in [0.25, 0.3) is 0 Å². The Bertz CT molecular complexity index is 1520. The van der Waals surface area contributed by atoms with E-state index in [1.807, 2.05) is 60.9 Å². The lowest BCUT2D eigenvalue weighted by Gasteiger charge is -2.28. The molecule has 5 rings (SSSR count). The van der Waals surface area contributed by atoms with Crippen LogP contribution in [0.5, 0.6) is 5.75 Å². The molecule has 0 radical (unpaired) electrons. The normalized spacial score (nSPS) is 16.8. The Balaban J connectivity index is 1.60. The number of aromatic hydroxyl groups is 1. The number of pyridine rings is 1. The van der Waals surface area contributed by atoms with Gasteiger partial charge in [-0.25, -0.2) is 0 Å². The van der Waals surface area contributed by atoms with E-state index in [1.165, 1.54) is 7.11 Å². The third-order valence-electron chi connectivity index (χ3n) is 6.77. The van der Waals surface area contributed by atoms with Gasteiger partial charge in [0.05, 0.1) is 23.5 Å². The smallest absolute Gasteiger partial charge is 0.250 e. The molecule has 2 aromatic carbocycles. The number of phenolic OH excluding ortho intramolecular Hbond substituents is 1. The van der Waals surface area contributed by atoms with E-state index in [0.29, 0.717) is 21.5 Å². The number of hydrogen-bond acceptors (Lipinski definition) is 5. The van der Waals surface area contributed by atoms with Crippen LogP contribution >= 0.6 is 23.8 Å². The van der Waals surface area contributed by atoms with Gasteiger partial charge in [0, 0.05) is 41.1 Å². The average Bonchev–Trinajstić information content (AvgIpc) is 3.41. The number of methoxy groups -OCH3 is 1. The van der Waals surface area contributed by atoms with Gasteiger partial charge in [-0.15, -0.1) is 0 Å². The van der Waals surface area contributed by atoms with Crippen molar-refractivity contribution in [3.05, 3.63) is 101 Å². The summed E-state index contributed by atoms with van der Waals surface area (Å²) in [5.41, 5.74) is 5.88. The number of aryl methyl sites for hydroxylation is 1. The molecule has 10 heteroatoms. The SMILES string of the molecule is COCC(=O)Nc1ccc(N2C(=S)N[C@@H](c3ccccn3)[C@H]2c2cc(C)n(-c3cc(Cl)ccc3O)c2C)cc1. The van der Waals surface area contributed by atoms with E-state index in [0.717, 1.165) is 28.3 Å². The molecule has 0 saturated carbocycles. The van der Waals surface area contributed by atoms with E-state index in [-0.39, 0.29) is 30.3 Å². The van der Waals surface area contributed by atoms with Crippen LogP contribution in [0.15, 0.2) is 72.9 Å². The number of anilines is 2. The van der Waals surface area contributed by atoms with Crippen molar-refractivity contribution in [2.45, 2.75) is 25.9 Å². The van der Waals surface area contributed by atoms with Gasteiger partial charge in [0.15, 0.2) is 5.11 Å². The standard InChI is InChI=1S/C29H28ClN5O3S/c1-17-14-22(18(2)34(17)24-15-19(30)7-12-25(24)36)28-27(23-6-4-5-13-31-23)33-29(39)35(28)21-10-8-20(9-11-21)32-26(37)16-38-3/h4-15,27-28,36H,16H2,1-3H3,(H,32,37)(H,33,39)/t27-,28+/m0/s1. The van der Waals surface area contributed by atoms with Crippen molar-refractivity contribution in [2.75, 3.05) is 23.9 Å². The Hall–Kier alpha value is -3.92. The van der Waals surface area contributed by atoms with Crippen molar-refractivity contribution < 1.29 is 14.6 Å². The van der Waals surface area contributed by atoms with Gasteiger partial charge in [-0.05, 0) is 92.3 Å². The van der Waals surface area contributed by atoms with Crippen molar-refractivity contribution in [1.82, 2.24) is 14.9 Å². The first kappa shape index (κ1) is 26.7. The van der Waals surface area contributed by atoms with Gasteiger partial charge >= 0.3 is 0 Å². The molecule has 0 aliphatic carbocycles. The summed E-state index contributed by atoms with van der Waals surface area (Å²) in [5.74, 6) is -0.0922. The summed E-state index contributed by atoms with van der Waals surface area (Å²) in [5, 5.41) is 18.1. The third-order valence-corrected chi connectivity index (χ3v) is 7.32. The highest BCUT2D eigenvalue weighted by Crippen LogP contribution is 2.44. The molecule has 1 aliphatic heterocycles. The highest BCUT2D eigenvalue weighted by Gasteiger charge is 2.42. The summed E-state index contributed by atoms with van der Waals surface area (Å²) in [6, 6.07) is 20.0. The molecule has 0 unspecified atom stereocenters. The molecule has 1 amide bonds. The second-order valence-corrected chi connectivity index (χ2v) is 10.1. The van der Waals surface area contributed by atoms with E-state index >= 15 is 0 Å². The van der Waals surface area contributed by atoms with E-state index < -0.39 is 0 Å². The van der Waals surface area contributed by atoms with E-state index in [9.17, 15) is 9.90 Å². The Morgan fingerprint density at radius 2 is 1.92 bits per heavy atom. The van der Waals surface area contributed by atoms with Crippen LogP contribution in [0.25, 0.3) is 5.69 Å². The van der Waals surface area contributed by atoms with Crippen LogP contribution in [0.4, 0.5) is 11.4 Å². The predicted octanol–water partition coefficient (Wildman–Crippen LogP) is 5.61. The topological polar surface area (TPSA) is 91.7 Å². The minimum absolute atomic E-state index is 0.0203. The van der Waals surface area contributed by atoms with Crippen LogP contribution < -0.4 is 15.5 Å². The molecule has 39 heavy (non-hydrogen) atoms. The van der Waals surface area contributed by atoms with Crippen molar-refractivity contribution >= 4 is 46.2 Å². The molecule has 8 nitrogen and oxygen atoms in total. The summed E-state index contributed by atoms with van der Waals surface area (Å²) in [6.45, 7) is 3.99. The monoisotopic (exact) mass is 561 g/mol. The van der Waals surface area contributed by atoms with Crippen LogP contribution in [0.1, 0.15) is 34.7 Å². The van der Waals surface area contributed by atoms with E-state index in [1.54, 1.807) is 24.4 Å². The third kappa shape index (κ3) is 5.21. The van der Waals surface area contributed by atoms with E-state index in [2.05, 4.69) is 26.6 Å². The van der Waals surface area contributed by atoms with Crippen LogP contribution in [-0.4, -0.2) is 39.4 Å². The lowest BCUT2D eigenvalue weighted by molar-refractivity contribution is -0.119. The summed E-state index contributed by atoms with van der Waals surface area (Å²) in [4.78, 5) is 18.7. The molecule has 1 aliphatic rings. The zero-order valence-electron chi connectivity index (χ0n) is 21.7. The maximum absolute atomic E-state index is 12.0. The molecule has 4 aromatic rings. The Morgan fingerprint density at radius 1 is 1.15 bits per heavy atom. The lowest BCUT2D eigenvalue weighted by Crippen LogP contribution is -2.29. The first-order valence-corrected chi connectivity index (χ1v) is 13.1. The van der Waals surface area contributed by atoms with Crippen LogP contribution in [0, 0.1) is 13.8 Å². The minimum Gasteiger partial charge on any atom is -0.506 e. The fourth-order valence-electron chi connectivity index (χ4n) is 5.12. The molecular weight excluding hydrogens is 534 g/mol. The number of thiocarbonyl (C=S) groups is 1. The fraction of sp³-hybridized carbons (Fsp3) is 0.207. The predicted molar refractivity (Wildman–Crippen MR) is 157 cm³/mol. The maximum Gasteiger partial charge on any atom is 0.250 e. The number of hydrogen-bond donors (Lipinski definition) is 3. The molecule has 0 bridgehead atoms. The second kappa shape index (κ2) is 11.1. The Kier molecular flexibility index (Phi) is 7.56.